The van der Waals surface area contributed by atoms with Gasteiger partial charge in [-0.05, 0) is 31.8 Å². The monoisotopic (exact) mass is 217 g/mol. The van der Waals surface area contributed by atoms with Crippen LogP contribution in [0, 0.1) is 0 Å². The number of likely N-dealkylation sites (N-methyl/N-ethyl adjacent to an activating group) is 1. The fourth-order valence-corrected chi connectivity index (χ4v) is 1.83. The lowest BCUT2D eigenvalue weighted by atomic mass is 10.1. The number of H-pyrrole nitrogens is 1. The van der Waals surface area contributed by atoms with Gasteiger partial charge in [-0.1, -0.05) is 12.1 Å². The fourth-order valence-electron chi connectivity index (χ4n) is 1.83. The number of aromatic nitrogens is 1. The molecule has 2 N–H and O–H groups in total. The van der Waals surface area contributed by atoms with E-state index in [0.29, 0.717) is 0 Å². The van der Waals surface area contributed by atoms with Crippen molar-refractivity contribution in [3.8, 4) is 0 Å². The van der Waals surface area contributed by atoms with Gasteiger partial charge in [-0.25, -0.2) is 0 Å². The van der Waals surface area contributed by atoms with E-state index in [-0.39, 0.29) is 0 Å². The molecule has 1 aromatic heterocycles. The van der Waals surface area contributed by atoms with Crippen LogP contribution < -0.4 is 5.32 Å². The Morgan fingerprint density at radius 2 is 2.12 bits per heavy atom. The van der Waals surface area contributed by atoms with Crippen LogP contribution in [-0.2, 0) is 6.54 Å². The van der Waals surface area contributed by atoms with Crippen LogP contribution in [0.3, 0.4) is 0 Å². The van der Waals surface area contributed by atoms with Crippen LogP contribution in [0.25, 0.3) is 10.9 Å². The fraction of sp³-hybridized carbons (Fsp3) is 0.385. The Hall–Kier alpha value is -1.32. The van der Waals surface area contributed by atoms with Gasteiger partial charge in [0.05, 0.1) is 0 Å². The van der Waals surface area contributed by atoms with Crippen LogP contribution in [0.5, 0.6) is 0 Å². The zero-order chi connectivity index (χ0) is 11.4. The van der Waals surface area contributed by atoms with Crippen molar-refractivity contribution < 1.29 is 0 Å². The molecular weight excluding hydrogens is 198 g/mol. The lowest BCUT2D eigenvalue weighted by molar-refractivity contribution is 0.400. The third-order valence-electron chi connectivity index (χ3n) is 2.74. The number of hydrogen-bond donors (Lipinski definition) is 2. The van der Waals surface area contributed by atoms with Gasteiger partial charge >= 0.3 is 0 Å². The summed E-state index contributed by atoms with van der Waals surface area (Å²) in [6.07, 6.45) is 1.99. The molecular formula is C13H19N3. The number of nitrogens with one attached hydrogen (secondary N) is 2. The van der Waals surface area contributed by atoms with E-state index in [1.165, 1.54) is 16.5 Å². The first-order chi connectivity index (χ1) is 7.77. The molecule has 3 nitrogen and oxygen atoms in total. The number of hydrogen-bond acceptors (Lipinski definition) is 2. The summed E-state index contributed by atoms with van der Waals surface area (Å²) in [6, 6.07) is 8.53. The van der Waals surface area contributed by atoms with E-state index in [0.717, 1.165) is 19.6 Å². The number of benzene rings is 1. The summed E-state index contributed by atoms with van der Waals surface area (Å²) in [4.78, 5) is 5.42. The molecule has 0 amide bonds. The number of nitrogens with zero attached hydrogens (tertiary/aromatic N) is 1. The molecule has 0 aliphatic carbocycles. The van der Waals surface area contributed by atoms with Gasteiger partial charge in [0.25, 0.3) is 0 Å². The van der Waals surface area contributed by atoms with Gasteiger partial charge in [0.15, 0.2) is 0 Å². The molecule has 0 spiro atoms. The van der Waals surface area contributed by atoms with Crippen molar-refractivity contribution in [1.82, 2.24) is 15.2 Å². The second-order valence-electron chi connectivity index (χ2n) is 4.34. The molecule has 2 rings (SSSR count). The molecule has 0 aliphatic heterocycles. The third-order valence-corrected chi connectivity index (χ3v) is 2.74. The van der Waals surface area contributed by atoms with Crippen molar-refractivity contribution in [2.75, 3.05) is 27.2 Å². The molecule has 0 saturated heterocycles. The lowest BCUT2D eigenvalue weighted by Crippen LogP contribution is -2.26. The first-order valence-corrected chi connectivity index (χ1v) is 5.68. The van der Waals surface area contributed by atoms with Crippen LogP contribution in [0.15, 0.2) is 30.5 Å². The Bertz CT molecular complexity index is 445. The van der Waals surface area contributed by atoms with E-state index in [1.807, 2.05) is 6.20 Å². The number of rotatable bonds is 5. The van der Waals surface area contributed by atoms with Crippen molar-refractivity contribution in [3.63, 3.8) is 0 Å². The Kier molecular flexibility index (Phi) is 3.59. The zero-order valence-corrected chi connectivity index (χ0v) is 9.96. The minimum atomic E-state index is 0.934. The molecule has 1 heterocycles. The maximum Gasteiger partial charge on any atom is 0.0457 e. The van der Waals surface area contributed by atoms with Gasteiger partial charge in [0.1, 0.15) is 0 Å². The Morgan fingerprint density at radius 1 is 1.25 bits per heavy atom. The molecule has 0 radical (unpaired) electrons. The van der Waals surface area contributed by atoms with Crippen molar-refractivity contribution in [2.24, 2.45) is 0 Å². The van der Waals surface area contributed by atoms with Crippen LogP contribution in [-0.4, -0.2) is 37.1 Å². The Labute approximate surface area is 96.5 Å². The van der Waals surface area contributed by atoms with Gasteiger partial charge < -0.3 is 15.2 Å². The maximum atomic E-state index is 3.46. The molecule has 0 atom stereocenters. The normalized spacial score (nSPS) is 11.4. The van der Waals surface area contributed by atoms with Crippen molar-refractivity contribution in [3.05, 3.63) is 36.0 Å². The van der Waals surface area contributed by atoms with E-state index >= 15 is 0 Å². The summed E-state index contributed by atoms with van der Waals surface area (Å²) < 4.78 is 0. The Balaban J connectivity index is 1.96. The second kappa shape index (κ2) is 5.14. The molecule has 3 heteroatoms. The molecule has 0 fully saturated rings. The van der Waals surface area contributed by atoms with E-state index in [9.17, 15) is 0 Å². The molecule has 86 valence electrons. The summed E-state index contributed by atoms with van der Waals surface area (Å²) in [5, 5.41) is 4.78. The van der Waals surface area contributed by atoms with Gasteiger partial charge in [0.2, 0.25) is 0 Å². The summed E-state index contributed by atoms with van der Waals surface area (Å²) in [6.45, 7) is 3.03. The highest BCUT2D eigenvalue weighted by Gasteiger charge is 2.00. The minimum absolute atomic E-state index is 0.934. The third kappa shape index (κ3) is 2.62. The average molecular weight is 217 g/mol. The van der Waals surface area contributed by atoms with Gasteiger partial charge in [0, 0.05) is 36.7 Å². The van der Waals surface area contributed by atoms with Gasteiger partial charge in [-0.15, -0.1) is 0 Å². The second-order valence-corrected chi connectivity index (χ2v) is 4.34. The van der Waals surface area contributed by atoms with Crippen molar-refractivity contribution in [2.45, 2.75) is 6.54 Å². The average Bonchev–Trinajstić information content (AvgIpc) is 2.72. The number of aromatic amines is 1. The maximum absolute atomic E-state index is 3.46. The Morgan fingerprint density at radius 3 is 2.94 bits per heavy atom. The smallest absolute Gasteiger partial charge is 0.0457 e. The largest absolute Gasteiger partial charge is 0.361 e. The molecule has 1 aromatic carbocycles. The van der Waals surface area contributed by atoms with E-state index < -0.39 is 0 Å². The van der Waals surface area contributed by atoms with Crippen molar-refractivity contribution >= 4 is 10.9 Å². The van der Waals surface area contributed by atoms with E-state index in [2.05, 4.69) is 53.6 Å². The number of fused-ring (bicyclic) bond motifs is 1. The highest BCUT2D eigenvalue weighted by molar-refractivity contribution is 5.82. The highest BCUT2D eigenvalue weighted by Crippen LogP contribution is 2.16. The molecule has 0 unspecified atom stereocenters. The summed E-state index contributed by atoms with van der Waals surface area (Å²) in [5.41, 5.74) is 2.57. The van der Waals surface area contributed by atoms with Gasteiger partial charge in [-0.2, -0.15) is 0 Å². The predicted octanol–water partition coefficient (Wildman–Crippen LogP) is 1.82. The highest BCUT2D eigenvalue weighted by atomic mass is 15.1. The predicted molar refractivity (Wildman–Crippen MR) is 68.6 cm³/mol. The van der Waals surface area contributed by atoms with E-state index in [4.69, 9.17) is 0 Å². The minimum Gasteiger partial charge on any atom is -0.361 e. The molecule has 0 saturated carbocycles. The topological polar surface area (TPSA) is 31.1 Å². The van der Waals surface area contributed by atoms with E-state index in [1.54, 1.807) is 0 Å². The first kappa shape index (κ1) is 11.2. The molecule has 16 heavy (non-hydrogen) atoms. The summed E-state index contributed by atoms with van der Waals surface area (Å²) in [5.74, 6) is 0. The summed E-state index contributed by atoms with van der Waals surface area (Å²) in [7, 11) is 4.18. The molecule has 0 aliphatic rings. The van der Waals surface area contributed by atoms with Gasteiger partial charge in [-0.3, -0.25) is 0 Å². The SMILES string of the molecule is CN(C)CCNCc1cccc2[nH]ccc12. The van der Waals surface area contributed by atoms with Crippen LogP contribution in [0.2, 0.25) is 0 Å². The summed E-state index contributed by atoms with van der Waals surface area (Å²) >= 11 is 0. The lowest BCUT2D eigenvalue weighted by Gasteiger charge is -2.10. The molecule has 2 aromatic rings. The van der Waals surface area contributed by atoms with Crippen LogP contribution in [0.1, 0.15) is 5.56 Å². The molecule has 0 bridgehead atoms. The standard InChI is InChI=1S/C13H19N3/c1-16(2)9-8-14-10-11-4-3-5-13-12(11)6-7-15-13/h3-7,14-15H,8-10H2,1-2H3. The van der Waals surface area contributed by atoms with Crippen molar-refractivity contribution in [1.29, 1.82) is 0 Å². The zero-order valence-electron chi connectivity index (χ0n) is 9.96. The van der Waals surface area contributed by atoms with Crippen LogP contribution in [0.4, 0.5) is 0 Å². The quantitative estimate of drug-likeness (QED) is 0.749. The van der Waals surface area contributed by atoms with Crippen LogP contribution >= 0.6 is 0 Å². The first-order valence-electron chi connectivity index (χ1n) is 5.68.